The third-order valence-electron chi connectivity index (χ3n) is 11.0. The minimum Gasteiger partial charge on any atom is -0.481 e. The first-order chi connectivity index (χ1) is 45.6. The van der Waals surface area contributed by atoms with Gasteiger partial charge in [-0.1, -0.05) is 12.8 Å². The summed E-state index contributed by atoms with van der Waals surface area (Å²) in [5, 5.41) is 68.4. The maximum Gasteiger partial charge on any atom is 0.470 e. The van der Waals surface area contributed by atoms with Crippen molar-refractivity contribution in [1.29, 1.82) is 0 Å². The van der Waals surface area contributed by atoms with Crippen molar-refractivity contribution in [2.75, 3.05) is 81.6 Å². The second kappa shape index (κ2) is 52.6. The molecule has 1 saturated carbocycles. The van der Waals surface area contributed by atoms with E-state index in [1.807, 2.05) is 42.3 Å². The van der Waals surface area contributed by atoms with E-state index < -0.39 is 156 Å². The molecule has 0 heterocycles. The summed E-state index contributed by atoms with van der Waals surface area (Å²) < 4.78 is 94.3. The SMILES string of the molecule is C[N+](C)(C)C[C@H](O)CC(=O)O.C[N+](C)(C)C[C@H](O)CC(=O)O.NC(N)=NCCC[C@H](N)C(=O)O.NC(N)=NCCC[C@H](N)C(=O)O.NCCCC[C@H](N)C(=O)O.NCCCC[C@H](N)C(=O)O.O=P(O)(O)OC1C(OP(=O)(O)O)C(OP(=O)(O)O)C(OP(=O)(O)O)C(OP(=O)(O)O)C1OP(=O)(O)O. The molecule has 0 aliphatic heterocycles. The molecule has 0 aromatic rings. The van der Waals surface area contributed by atoms with Crippen molar-refractivity contribution >= 4 is 94.7 Å². The first-order valence-corrected chi connectivity index (χ1v) is 38.1. The molecule has 102 heavy (non-hydrogen) atoms. The normalized spacial score (nSPS) is 18.9. The van der Waals surface area contributed by atoms with E-state index >= 15 is 0 Å². The zero-order chi connectivity index (χ0) is 81.9. The predicted octanol–water partition coefficient (Wildman–Crippen LogP) is -8.12. The van der Waals surface area contributed by atoms with E-state index in [4.69, 9.17) is 157 Å². The molecule has 1 fully saturated rings. The molecule has 0 bridgehead atoms. The highest BCUT2D eigenvalue weighted by atomic mass is 31.2. The summed E-state index contributed by atoms with van der Waals surface area (Å²) in [7, 11) is -24.6. The molecule has 0 spiro atoms. The van der Waals surface area contributed by atoms with E-state index in [9.17, 15) is 56.2 Å². The molecule has 0 radical (unpaired) electrons. The molecule has 1 aliphatic carbocycles. The van der Waals surface area contributed by atoms with Crippen LogP contribution in [0.15, 0.2) is 9.98 Å². The van der Waals surface area contributed by atoms with Crippen LogP contribution < -0.4 is 57.3 Å². The highest BCUT2D eigenvalue weighted by Gasteiger charge is 2.63. The summed E-state index contributed by atoms with van der Waals surface area (Å²) in [5.41, 5.74) is 51.5. The van der Waals surface area contributed by atoms with Crippen LogP contribution in [0.25, 0.3) is 0 Å². The van der Waals surface area contributed by atoms with E-state index in [1.54, 1.807) is 0 Å². The van der Waals surface area contributed by atoms with Crippen LogP contribution in [0.5, 0.6) is 0 Å². The van der Waals surface area contributed by atoms with Crippen LogP contribution in [0.4, 0.5) is 0 Å². The topological polar surface area (TPSA) is 950 Å². The number of likely N-dealkylation sites (N-methyl/N-ethyl adjacent to an activating group) is 2. The first-order valence-electron chi connectivity index (χ1n) is 28.9. The summed E-state index contributed by atoms with van der Waals surface area (Å²) in [6.07, 6.45) is -14.4. The Morgan fingerprint density at radius 1 is 0.363 bits per heavy atom. The van der Waals surface area contributed by atoms with Crippen molar-refractivity contribution in [3.05, 3.63) is 0 Å². The van der Waals surface area contributed by atoms with Gasteiger partial charge >= 0.3 is 82.8 Å². The van der Waals surface area contributed by atoms with Crippen LogP contribution in [0.3, 0.4) is 0 Å². The molecular weight excluding hydrogens is 1520 g/mol. The number of hydrogen-bond donors (Lipinski definition) is 30. The number of carbonyl (C=O) groups is 6. The molecule has 58 heteroatoms. The molecule has 40 N–H and O–H groups in total. The van der Waals surface area contributed by atoms with Crippen molar-refractivity contribution in [3.63, 3.8) is 0 Å². The third-order valence-corrected chi connectivity index (χ3v) is 14.1. The van der Waals surface area contributed by atoms with E-state index in [0.29, 0.717) is 86.8 Å². The lowest BCUT2D eigenvalue weighted by molar-refractivity contribution is -0.873. The van der Waals surface area contributed by atoms with Gasteiger partial charge in [0.2, 0.25) is 0 Å². The van der Waals surface area contributed by atoms with Crippen LogP contribution in [-0.4, -0.2) is 311 Å². The van der Waals surface area contributed by atoms with Gasteiger partial charge in [0, 0.05) is 13.1 Å². The molecule has 0 saturated heterocycles. The number of aliphatic hydroxyl groups is 2. The van der Waals surface area contributed by atoms with Gasteiger partial charge in [0.25, 0.3) is 0 Å². The molecule has 1 aliphatic rings. The average molecular weight is 1630 g/mol. The molecule has 0 amide bonds. The Morgan fingerprint density at radius 3 is 0.667 bits per heavy atom. The number of aliphatic imine (C=N–C) groups is 2. The minimum atomic E-state index is -6.02. The number of guanidine groups is 2. The maximum atomic E-state index is 11.4. The van der Waals surface area contributed by atoms with E-state index in [0.717, 1.165) is 25.7 Å². The quantitative estimate of drug-likeness (QED) is 0.00891. The van der Waals surface area contributed by atoms with Gasteiger partial charge in [-0.3, -0.25) is 65.9 Å². The summed E-state index contributed by atoms with van der Waals surface area (Å²) in [6.45, 7) is 2.98. The number of rotatable bonds is 40. The van der Waals surface area contributed by atoms with Gasteiger partial charge in [0.05, 0.1) is 55.1 Å². The largest absolute Gasteiger partial charge is 0.481 e. The van der Waals surface area contributed by atoms with Crippen LogP contribution in [0.2, 0.25) is 0 Å². The Hall–Kier alpha value is -4.38. The Labute approximate surface area is 583 Å². The Balaban J connectivity index is -0.000000289. The Morgan fingerprint density at radius 2 is 0.539 bits per heavy atom. The standard InChI is InChI=1S/2C7H15NO3.2C6H14N4O2.2C6H14N2O2.C6H18O24P6/c2*1-8(2,3)5-6(9)4-7(10)11;2*7-4(5(11)12)2-1-3-10-6(8)9;2*7-4-2-1-3-5(8)6(9)10;7-31(8,9)25-1-2(26-32(10,11)12)4(28-34(16,17)18)6(30-36(22,23)24)5(29-35(19,20)21)3(1)27-33(13,14)15/h2*6,9H,4-5H2,1-3H3;2*4H,1-3,7H2,(H,11,12)(H4,8,9,10);2*5H,1-4,7-8H2,(H,9,10);1-6H,(H2,7,8,9)(H2,10,11,12)(H2,13,14,15)(H2,16,17,18)(H2,19,20,21)(H2,22,23,24)/p+2/t2*6-;2*4-;2*5-;/m110000./s1. The lowest BCUT2D eigenvalue weighted by Crippen LogP contribution is -2.66. The lowest BCUT2D eigenvalue weighted by atomic mass is 9.85. The molecule has 52 nitrogen and oxygen atoms in total. The van der Waals surface area contributed by atoms with E-state index in [1.165, 1.54) is 0 Å². The van der Waals surface area contributed by atoms with Gasteiger partial charge in [-0.15, -0.1) is 0 Å². The van der Waals surface area contributed by atoms with Crippen molar-refractivity contribution < 1.29 is 192 Å². The number of carboxylic acid groups (broad SMARTS) is 6. The number of nitrogens with zero attached hydrogens (tertiary/aromatic N) is 4. The zero-order valence-electron chi connectivity index (χ0n) is 56.2. The van der Waals surface area contributed by atoms with Crippen molar-refractivity contribution in [1.82, 2.24) is 0 Å². The van der Waals surface area contributed by atoms with Crippen molar-refractivity contribution in [2.45, 2.75) is 150 Å². The summed E-state index contributed by atoms with van der Waals surface area (Å²) in [6, 6.07) is -3.07. The number of carboxylic acids is 6. The van der Waals surface area contributed by atoms with Gasteiger partial charge in [-0.25, -0.2) is 27.4 Å². The summed E-state index contributed by atoms with van der Waals surface area (Å²) in [4.78, 5) is 178. The molecule has 0 aromatic carbocycles. The van der Waals surface area contributed by atoms with Crippen LogP contribution in [0.1, 0.15) is 77.0 Å². The number of hydrogen-bond acceptors (Lipinski definition) is 28. The molecule has 0 aromatic heterocycles. The molecule has 608 valence electrons. The number of aliphatic hydroxyl groups excluding tert-OH is 2. The number of aliphatic carboxylic acids is 6. The maximum absolute atomic E-state index is 11.4. The number of nitrogens with two attached hydrogens (primary N) is 10. The molecule has 0 unspecified atom stereocenters. The second-order valence-corrected chi connectivity index (χ2v) is 30.2. The van der Waals surface area contributed by atoms with Gasteiger partial charge in [0.1, 0.15) is 86.1 Å². The molecule has 6 atom stereocenters. The highest BCUT2D eigenvalue weighted by molar-refractivity contribution is 7.47. The van der Waals surface area contributed by atoms with Crippen LogP contribution in [-0.2, 0) is 83.3 Å². The zero-order valence-corrected chi connectivity index (χ0v) is 61.6. The number of unbranched alkanes of at least 4 members (excludes halogenated alkanes) is 2. The third kappa shape index (κ3) is 73.9. The number of quaternary nitrogens is 2. The fourth-order valence-electron chi connectivity index (χ4n) is 7.14. The van der Waals surface area contributed by atoms with Crippen LogP contribution in [0, 0.1) is 0 Å². The smallest absolute Gasteiger partial charge is 0.470 e. The fraction of sp³-hybridized carbons (Fsp3) is 0.818. The fourth-order valence-corrected chi connectivity index (χ4v) is 10.5. The molecule has 1 rings (SSSR count). The summed E-state index contributed by atoms with van der Waals surface area (Å²) >= 11 is 0. The summed E-state index contributed by atoms with van der Waals surface area (Å²) in [5.74, 6) is -5.75. The predicted molar refractivity (Wildman–Crippen MR) is 352 cm³/mol. The lowest BCUT2D eigenvalue weighted by Gasteiger charge is -2.48. The van der Waals surface area contributed by atoms with E-state index in [2.05, 4.69) is 37.1 Å². The Kier molecular flexibility index (Phi) is 56.0. The minimum absolute atomic E-state index is 0.0129. The highest BCUT2D eigenvalue weighted by Crippen LogP contribution is 2.57. The average Bonchev–Trinajstić information content (AvgIpc) is 0.745. The van der Waals surface area contributed by atoms with Gasteiger partial charge < -0.3 is 166 Å². The van der Waals surface area contributed by atoms with Gasteiger partial charge in [-0.2, -0.15) is 0 Å². The first kappa shape index (κ1) is 109. The number of phosphoric acid groups is 6. The van der Waals surface area contributed by atoms with E-state index in [-0.39, 0.29) is 24.8 Å². The number of phosphoric ester groups is 6. The molecular formula is C44H106N14O38P6+2. The van der Waals surface area contributed by atoms with Crippen molar-refractivity contribution in [2.24, 2.45) is 67.3 Å². The van der Waals surface area contributed by atoms with Crippen molar-refractivity contribution in [3.8, 4) is 0 Å². The monoisotopic (exact) mass is 1620 g/mol. The van der Waals surface area contributed by atoms with Gasteiger partial charge in [0.15, 0.2) is 11.9 Å². The Bertz CT molecular complexity index is 2480. The van der Waals surface area contributed by atoms with Crippen LogP contribution >= 0.6 is 46.9 Å². The van der Waals surface area contributed by atoms with Gasteiger partial charge in [-0.05, 0) is 64.5 Å². The second-order valence-electron chi connectivity index (χ2n) is 23.1.